The Morgan fingerprint density at radius 3 is 2.00 bits per heavy atom. The van der Waals surface area contributed by atoms with Crippen molar-refractivity contribution in [3.63, 3.8) is 0 Å². The molecule has 25 heavy (non-hydrogen) atoms. The molecule has 0 saturated heterocycles. The molecule has 1 aliphatic carbocycles. The van der Waals surface area contributed by atoms with Crippen molar-refractivity contribution >= 4 is 9.84 Å². The summed E-state index contributed by atoms with van der Waals surface area (Å²) < 4.78 is 26.2. The molecule has 1 fully saturated rings. The highest BCUT2D eigenvalue weighted by Crippen LogP contribution is 2.63. The summed E-state index contributed by atoms with van der Waals surface area (Å²) in [6, 6.07) is 14.5. The Morgan fingerprint density at radius 1 is 0.960 bits per heavy atom. The van der Waals surface area contributed by atoms with Crippen molar-refractivity contribution in [1.82, 2.24) is 0 Å². The van der Waals surface area contributed by atoms with Gasteiger partial charge in [0.1, 0.15) is 0 Å². The molecule has 4 nitrogen and oxygen atoms in total. The molecule has 0 aromatic heterocycles. The molecule has 2 N–H and O–H groups in total. The zero-order chi connectivity index (χ0) is 18.2. The fourth-order valence-electron chi connectivity index (χ4n) is 3.71. The van der Waals surface area contributed by atoms with Crippen LogP contribution in [-0.4, -0.2) is 37.1 Å². The summed E-state index contributed by atoms with van der Waals surface area (Å²) in [6.45, 7) is 3.23. The van der Waals surface area contributed by atoms with Gasteiger partial charge in [0, 0.05) is 11.3 Å². The van der Waals surface area contributed by atoms with Gasteiger partial charge < -0.3 is 10.2 Å². The molecule has 0 heterocycles. The molecule has 0 amide bonds. The SMILES string of the molecule is CCc1ccc(C2C(S(=O)(=O)c3ccc(C)cc3)C2(CO)CO)cc1. The monoisotopic (exact) mass is 360 g/mol. The predicted molar refractivity (Wildman–Crippen MR) is 97.3 cm³/mol. The Morgan fingerprint density at radius 2 is 1.52 bits per heavy atom. The highest BCUT2D eigenvalue weighted by atomic mass is 32.2. The number of aryl methyl sites for hydroxylation is 2. The molecule has 1 saturated carbocycles. The predicted octanol–water partition coefficient (Wildman–Crippen LogP) is 2.47. The van der Waals surface area contributed by atoms with Crippen molar-refractivity contribution in [1.29, 1.82) is 0 Å². The van der Waals surface area contributed by atoms with E-state index in [9.17, 15) is 18.6 Å². The van der Waals surface area contributed by atoms with E-state index in [2.05, 4.69) is 6.92 Å². The van der Waals surface area contributed by atoms with Crippen LogP contribution in [0.1, 0.15) is 29.5 Å². The number of aliphatic hydroxyl groups excluding tert-OH is 2. The minimum Gasteiger partial charge on any atom is -0.396 e. The van der Waals surface area contributed by atoms with Gasteiger partial charge in [-0.1, -0.05) is 48.9 Å². The van der Waals surface area contributed by atoms with Crippen LogP contribution in [0.5, 0.6) is 0 Å². The number of rotatable bonds is 6. The smallest absolute Gasteiger partial charge is 0.182 e. The lowest BCUT2D eigenvalue weighted by molar-refractivity contribution is 0.130. The van der Waals surface area contributed by atoms with Crippen molar-refractivity contribution in [3.05, 3.63) is 65.2 Å². The standard InChI is InChI=1S/C20H24O4S/c1-3-15-6-8-16(9-7-15)18-19(20(18,12-21)13-22)25(23,24)17-10-4-14(2)5-11-17/h4-11,18-19,21-22H,3,12-13H2,1-2H3. The second kappa shape index (κ2) is 6.56. The van der Waals surface area contributed by atoms with Crippen LogP contribution in [0.2, 0.25) is 0 Å². The average Bonchev–Trinajstić information content (AvgIpc) is 3.33. The largest absolute Gasteiger partial charge is 0.396 e. The summed E-state index contributed by atoms with van der Waals surface area (Å²) in [4.78, 5) is 0.238. The minimum absolute atomic E-state index is 0.238. The van der Waals surface area contributed by atoms with Crippen molar-refractivity contribution in [2.45, 2.75) is 36.3 Å². The van der Waals surface area contributed by atoms with E-state index in [4.69, 9.17) is 0 Å². The van der Waals surface area contributed by atoms with E-state index in [1.807, 2.05) is 31.2 Å². The van der Waals surface area contributed by atoms with E-state index >= 15 is 0 Å². The molecule has 3 rings (SSSR count). The molecule has 0 spiro atoms. The first-order valence-corrected chi connectivity index (χ1v) is 10.1. The van der Waals surface area contributed by atoms with Crippen LogP contribution in [0.3, 0.4) is 0 Å². The Labute approximate surface area is 149 Å². The van der Waals surface area contributed by atoms with E-state index in [0.29, 0.717) is 0 Å². The summed E-state index contributed by atoms with van der Waals surface area (Å²) in [6.07, 6.45) is 0.904. The van der Waals surface area contributed by atoms with Gasteiger partial charge >= 0.3 is 0 Å². The van der Waals surface area contributed by atoms with Gasteiger partial charge in [-0.3, -0.25) is 0 Å². The molecule has 2 aromatic carbocycles. The lowest BCUT2D eigenvalue weighted by atomic mass is 9.99. The van der Waals surface area contributed by atoms with Gasteiger partial charge in [0.25, 0.3) is 0 Å². The summed E-state index contributed by atoms with van der Waals surface area (Å²) in [5, 5.41) is 19.0. The van der Waals surface area contributed by atoms with Crippen LogP contribution >= 0.6 is 0 Å². The van der Waals surface area contributed by atoms with Gasteiger partial charge in [-0.05, 0) is 36.6 Å². The molecule has 2 aromatic rings. The normalized spacial score (nSPS) is 21.9. The Bertz CT molecular complexity index is 834. The first-order chi connectivity index (χ1) is 11.9. The lowest BCUT2D eigenvalue weighted by Gasteiger charge is -2.11. The highest BCUT2D eigenvalue weighted by Gasteiger charge is 2.70. The molecule has 0 aliphatic heterocycles. The molecule has 0 radical (unpaired) electrons. The number of hydrogen-bond acceptors (Lipinski definition) is 4. The third kappa shape index (κ3) is 2.90. The fourth-order valence-corrected chi connectivity index (χ4v) is 6.14. The number of sulfone groups is 1. The summed E-state index contributed by atoms with van der Waals surface area (Å²) in [5.74, 6) is -0.403. The van der Waals surface area contributed by atoms with Crippen molar-refractivity contribution in [2.24, 2.45) is 5.41 Å². The van der Waals surface area contributed by atoms with Crippen molar-refractivity contribution in [2.75, 3.05) is 13.2 Å². The minimum atomic E-state index is -3.65. The molecule has 2 unspecified atom stereocenters. The van der Waals surface area contributed by atoms with E-state index < -0.39 is 26.4 Å². The van der Waals surface area contributed by atoms with Gasteiger partial charge in [-0.2, -0.15) is 0 Å². The Hall–Kier alpha value is -1.69. The van der Waals surface area contributed by atoms with Crippen molar-refractivity contribution in [3.8, 4) is 0 Å². The molecule has 5 heteroatoms. The number of hydrogen-bond donors (Lipinski definition) is 2. The molecule has 0 bridgehead atoms. The maximum absolute atomic E-state index is 13.1. The van der Waals surface area contributed by atoms with Crippen LogP contribution < -0.4 is 0 Å². The van der Waals surface area contributed by atoms with Crippen molar-refractivity contribution < 1.29 is 18.6 Å². The topological polar surface area (TPSA) is 74.6 Å². The maximum Gasteiger partial charge on any atom is 0.182 e. The van der Waals surface area contributed by atoms with E-state index in [1.54, 1.807) is 24.3 Å². The van der Waals surface area contributed by atoms with E-state index in [1.165, 1.54) is 5.56 Å². The van der Waals surface area contributed by atoms with Gasteiger partial charge in [-0.25, -0.2) is 8.42 Å². The van der Waals surface area contributed by atoms with Gasteiger partial charge in [0.15, 0.2) is 9.84 Å². The van der Waals surface area contributed by atoms with Crippen LogP contribution in [0.4, 0.5) is 0 Å². The third-order valence-electron chi connectivity index (χ3n) is 5.40. The average molecular weight is 360 g/mol. The molecule has 1 aliphatic rings. The zero-order valence-electron chi connectivity index (χ0n) is 14.5. The van der Waals surface area contributed by atoms with Gasteiger partial charge in [0.05, 0.1) is 23.4 Å². The number of aliphatic hydroxyl groups is 2. The Kier molecular flexibility index (Phi) is 4.75. The molecule has 2 atom stereocenters. The third-order valence-corrected chi connectivity index (χ3v) is 7.74. The second-order valence-electron chi connectivity index (χ2n) is 6.90. The molecule has 134 valence electrons. The van der Waals surface area contributed by atoms with Crippen LogP contribution in [0, 0.1) is 12.3 Å². The van der Waals surface area contributed by atoms with Crippen LogP contribution in [-0.2, 0) is 16.3 Å². The molecular formula is C20H24O4S. The quantitative estimate of drug-likeness (QED) is 0.830. The maximum atomic E-state index is 13.1. The van der Waals surface area contributed by atoms with Crippen LogP contribution in [0.15, 0.2) is 53.4 Å². The highest BCUT2D eigenvalue weighted by molar-refractivity contribution is 7.92. The summed E-state index contributed by atoms with van der Waals surface area (Å²) in [7, 11) is -3.65. The molecular weight excluding hydrogens is 336 g/mol. The summed E-state index contributed by atoms with van der Waals surface area (Å²) in [5.41, 5.74) is 1.97. The van der Waals surface area contributed by atoms with Gasteiger partial charge in [0.2, 0.25) is 0 Å². The summed E-state index contributed by atoms with van der Waals surface area (Å²) >= 11 is 0. The van der Waals surface area contributed by atoms with Crippen LogP contribution in [0.25, 0.3) is 0 Å². The fraction of sp³-hybridized carbons (Fsp3) is 0.400. The number of benzene rings is 2. The Balaban J connectivity index is 2.02. The zero-order valence-corrected chi connectivity index (χ0v) is 15.3. The van der Waals surface area contributed by atoms with E-state index in [-0.39, 0.29) is 18.1 Å². The first-order valence-electron chi connectivity index (χ1n) is 8.52. The second-order valence-corrected chi connectivity index (χ2v) is 8.97. The lowest BCUT2D eigenvalue weighted by Crippen LogP contribution is -2.23. The van der Waals surface area contributed by atoms with E-state index in [0.717, 1.165) is 17.5 Å². The first kappa shape index (κ1) is 18.1. The van der Waals surface area contributed by atoms with Gasteiger partial charge in [-0.15, -0.1) is 0 Å².